The number of aromatic nitrogens is 3. The number of amides is 1. The first-order chi connectivity index (χ1) is 12.2. The fourth-order valence-corrected chi connectivity index (χ4v) is 3.10. The molecule has 0 aliphatic heterocycles. The Morgan fingerprint density at radius 3 is 2.50 bits per heavy atom. The average molecular weight is 362 g/mol. The molecule has 2 aromatic rings. The second kappa shape index (κ2) is 7.72. The van der Waals surface area contributed by atoms with Crippen molar-refractivity contribution in [3.05, 3.63) is 16.8 Å². The van der Waals surface area contributed by atoms with E-state index < -0.39 is 12.0 Å². The Labute approximate surface area is 152 Å². The number of nitrogens with zero attached hydrogens (tertiary/aromatic N) is 3. The Kier molecular flexibility index (Phi) is 5.84. The van der Waals surface area contributed by atoms with Gasteiger partial charge in [-0.1, -0.05) is 13.8 Å². The largest absolute Gasteiger partial charge is 0.480 e. The summed E-state index contributed by atoms with van der Waals surface area (Å²) in [5.41, 5.74) is 3.49. The van der Waals surface area contributed by atoms with Crippen LogP contribution in [0.5, 0.6) is 5.88 Å². The summed E-state index contributed by atoms with van der Waals surface area (Å²) in [6, 6.07) is -0.885. The fraction of sp³-hybridized carbons (Fsp3) is 0.556. The molecule has 0 unspecified atom stereocenters. The van der Waals surface area contributed by atoms with Gasteiger partial charge in [-0.3, -0.25) is 4.79 Å². The molecule has 0 fully saturated rings. The number of pyridine rings is 1. The van der Waals surface area contributed by atoms with Gasteiger partial charge in [-0.2, -0.15) is 0 Å². The second-order valence-electron chi connectivity index (χ2n) is 6.76. The minimum Gasteiger partial charge on any atom is -0.480 e. The summed E-state index contributed by atoms with van der Waals surface area (Å²) in [5.74, 6) is -0.992. The molecule has 0 aliphatic carbocycles. The maximum atomic E-state index is 12.2. The van der Waals surface area contributed by atoms with E-state index in [4.69, 9.17) is 4.74 Å². The normalized spacial score (nSPS) is 12.4. The molecule has 0 aromatic carbocycles. The van der Waals surface area contributed by atoms with Crippen LogP contribution < -0.4 is 10.1 Å². The van der Waals surface area contributed by atoms with Crippen LogP contribution in [0.2, 0.25) is 0 Å². The summed E-state index contributed by atoms with van der Waals surface area (Å²) in [5, 5.41) is 16.9. The molecule has 0 saturated heterocycles. The van der Waals surface area contributed by atoms with Crippen molar-refractivity contribution in [2.24, 2.45) is 13.0 Å². The predicted molar refractivity (Wildman–Crippen MR) is 97.3 cm³/mol. The molecule has 0 radical (unpaired) electrons. The van der Waals surface area contributed by atoms with Gasteiger partial charge in [0, 0.05) is 19.2 Å². The first kappa shape index (κ1) is 19.7. The summed E-state index contributed by atoms with van der Waals surface area (Å²) < 4.78 is 7.01. The molecule has 8 nitrogen and oxygen atoms in total. The predicted octanol–water partition coefficient (Wildman–Crippen LogP) is 1.75. The molecule has 0 aliphatic rings. The number of nitrogens with one attached hydrogen (secondary N) is 1. The number of carbonyl (C=O) groups is 2. The monoisotopic (exact) mass is 362 g/mol. The first-order valence-electron chi connectivity index (χ1n) is 8.56. The van der Waals surface area contributed by atoms with Gasteiger partial charge in [0.05, 0.1) is 12.5 Å². The fourth-order valence-electron chi connectivity index (χ4n) is 3.10. The summed E-state index contributed by atoms with van der Waals surface area (Å²) in [6.45, 7) is 7.38. The van der Waals surface area contributed by atoms with Crippen LogP contribution in [-0.4, -0.2) is 44.9 Å². The first-order valence-corrected chi connectivity index (χ1v) is 8.56. The van der Waals surface area contributed by atoms with Gasteiger partial charge < -0.3 is 15.2 Å². The van der Waals surface area contributed by atoms with Gasteiger partial charge in [0.2, 0.25) is 11.8 Å². The van der Waals surface area contributed by atoms with Gasteiger partial charge in [-0.25, -0.2) is 14.5 Å². The van der Waals surface area contributed by atoms with Crippen molar-refractivity contribution < 1.29 is 19.4 Å². The lowest BCUT2D eigenvalue weighted by Gasteiger charge is -2.18. The number of carbonyl (C=O) groups excluding carboxylic acids is 1. The standard InChI is InChI=1S/C18H26N4O4/c1-9(2)15(18(24)25)20-13(23)8-7-12-10(3)14-16(19-11(12)4)22(5)21-17(14)26-6/h9,15H,7-8H2,1-6H3,(H,20,23)(H,24,25)/t15-/m1/s1. The number of rotatable bonds is 7. The minimum absolute atomic E-state index is 0.183. The van der Waals surface area contributed by atoms with Crippen LogP contribution in [0.15, 0.2) is 0 Å². The lowest BCUT2D eigenvalue weighted by Crippen LogP contribution is -2.44. The Morgan fingerprint density at radius 1 is 1.31 bits per heavy atom. The van der Waals surface area contributed by atoms with Crippen molar-refractivity contribution >= 4 is 22.9 Å². The van der Waals surface area contributed by atoms with Crippen molar-refractivity contribution in [1.29, 1.82) is 0 Å². The molecule has 1 atom stereocenters. The minimum atomic E-state index is -1.02. The molecule has 0 spiro atoms. The van der Waals surface area contributed by atoms with E-state index in [9.17, 15) is 14.7 Å². The molecular formula is C18H26N4O4. The highest BCUT2D eigenvalue weighted by atomic mass is 16.5. The Balaban J connectivity index is 2.23. The molecule has 142 valence electrons. The quantitative estimate of drug-likeness (QED) is 0.777. The van der Waals surface area contributed by atoms with Crippen LogP contribution in [0.1, 0.15) is 37.1 Å². The van der Waals surface area contributed by atoms with Gasteiger partial charge in [-0.05, 0) is 37.3 Å². The molecular weight excluding hydrogens is 336 g/mol. The van der Waals surface area contributed by atoms with Crippen molar-refractivity contribution in [3.8, 4) is 5.88 Å². The van der Waals surface area contributed by atoms with Crippen LogP contribution in [-0.2, 0) is 23.1 Å². The Morgan fingerprint density at radius 2 is 1.96 bits per heavy atom. The summed E-state index contributed by atoms with van der Waals surface area (Å²) in [6.07, 6.45) is 0.656. The molecule has 0 bridgehead atoms. The third kappa shape index (κ3) is 3.79. The molecule has 0 saturated carbocycles. The number of methoxy groups -OCH3 is 1. The number of hydrogen-bond donors (Lipinski definition) is 2. The van der Waals surface area contributed by atoms with E-state index in [1.807, 2.05) is 20.9 Å². The summed E-state index contributed by atoms with van der Waals surface area (Å²) in [7, 11) is 3.37. The van der Waals surface area contributed by atoms with Crippen LogP contribution in [0, 0.1) is 19.8 Å². The lowest BCUT2D eigenvalue weighted by atomic mass is 9.99. The molecule has 2 N–H and O–H groups in total. The zero-order chi connectivity index (χ0) is 19.6. The van der Waals surface area contributed by atoms with E-state index in [0.29, 0.717) is 12.3 Å². The zero-order valence-corrected chi connectivity index (χ0v) is 16.1. The third-order valence-corrected chi connectivity index (χ3v) is 4.57. The van der Waals surface area contributed by atoms with Crippen LogP contribution in [0.4, 0.5) is 0 Å². The molecule has 2 aromatic heterocycles. The highest BCUT2D eigenvalue weighted by molar-refractivity contribution is 5.87. The zero-order valence-electron chi connectivity index (χ0n) is 16.1. The highest BCUT2D eigenvalue weighted by Crippen LogP contribution is 2.30. The van der Waals surface area contributed by atoms with Crippen LogP contribution in [0.3, 0.4) is 0 Å². The van der Waals surface area contributed by atoms with Gasteiger partial charge in [0.25, 0.3) is 0 Å². The number of hydrogen-bond acceptors (Lipinski definition) is 5. The van der Waals surface area contributed by atoms with E-state index in [1.165, 1.54) is 0 Å². The topological polar surface area (TPSA) is 106 Å². The van der Waals surface area contributed by atoms with Gasteiger partial charge in [0.1, 0.15) is 6.04 Å². The molecule has 2 rings (SSSR count). The number of fused-ring (bicyclic) bond motifs is 1. The Hall–Kier alpha value is -2.64. The molecule has 1 amide bonds. The van der Waals surface area contributed by atoms with E-state index in [-0.39, 0.29) is 18.2 Å². The number of aryl methyl sites for hydroxylation is 3. The summed E-state index contributed by atoms with van der Waals surface area (Å²) >= 11 is 0. The van der Waals surface area contributed by atoms with Crippen molar-refractivity contribution in [1.82, 2.24) is 20.1 Å². The van der Waals surface area contributed by atoms with E-state index in [1.54, 1.807) is 25.6 Å². The second-order valence-corrected chi connectivity index (χ2v) is 6.76. The van der Waals surface area contributed by atoms with Crippen molar-refractivity contribution in [3.63, 3.8) is 0 Å². The van der Waals surface area contributed by atoms with Crippen LogP contribution in [0.25, 0.3) is 11.0 Å². The van der Waals surface area contributed by atoms with Crippen molar-refractivity contribution in [2.75, 3.05) is 7.11 Å². The van der Waals surface area contributed by atoms with Gasteiger partial charge in [-0.15, -0.1) is 5.10 Å². The van der Waals surface area contributed by atoms with E-state index >= 15 is 0 Å². The molecule has 8 heteroatoms. The van der Waals surface area contributed by atoms with Crippen molar-refractivity contribution in [2.45, 2.75) is 46.6 Å². The van der Waals surface area contributed by atoms with Gasteiger partial charge in [0.15, 0.2) is 5.65 Å². The maximum Gasteiger partial charge on any atom is 0.326 e. The van der Waals surface area contributed by atoms with Crippen LogP contribution >= 0.6 is 0 Å². The molecule has 26 heavy (non-hydrogen) atoms. The van der Waals surface area contributed by atoms with E-state index in [2.05, 4.69) is 15.4 Å². The van der Waals surface area contributed by atoms with E-state index in [0.717, 1.165) is 27.9 Å². The maximum absolute atomic E-state index is 12.2. The third-order valence-electron chi connectivity index (χ3n) is 4.57. The SMILES string of the molecule is COc1nn(C)c2nc(C)c(CCC(=O)N[C@@H](C(=O)O)C(C)C)c(C)c12. The lowest BCUT2D eigenvalue weighted by molar-refractivity contribution is -0.143. The number of aliphatic carboxylic acids is 1. The summed E-state index contributed by atoms with van der Waals surface area (Å²) in [4.78, 5) is 28.0. The van der Waals surface area contributed by atoms with Gasteiger partial charge >= 0.3 is 5.97 Å². The number of ether oxygens (including phenoxy) is 1. The Bertz CT molecular complexity index is 842. The average Bonchev–Trinajstić information content (AvgIpc) is 2.88. The number of carboxylic acid groups (broad SMARTS) is 1. The smallest absolute Gasteiger partial charge is 0.326 e. The number of carboxylic acids is 1. The molecule has 2 heterocycles. The highest BCUT2D eigenvalue weighted by Gasteiger charge is 2.24.